The molecule has 0 unspecified atom stereocenters. The lowest BCUT2D eigenvalue weighted by atomic mass is 10.0. The van der Waals surface area contributed by atoms with Gasteiger partial charge >= 0.3 is 0 Å². The monoisotopic (exact) mass is 640 g/mol. The lowest BCUT2D eigenvalue weighted by Gasteiger charge is -2.26. The molecule has 0 amide bonds. The number of para-hydroxylation sites is 1. The number of hydrogen-bond acceptors (Lipinski definition) is 3. The van der Waals surface area contributed by atoms with Gasteiger partial charge in [0, 0.05) is 40.2 Å². The van der Waals surface area contributed by atoms with E-state index in [4.69, 9.17) is 0 Å². The molecule has 9 rings (SSSR count). The number of anilines is 3. The Morgan fingerprint density at radius 1 is 0.340 bits per heavy atom. The van der Waals surface area contributed by atoms with E-state index in [1.165, 1.54) is 33.0 Å². The average molecular weight is 641 g/mol. The van der Waals surface area contributed by atoms with E-state index in [2.05, 4.69) is 195 Å². The summed E-state index contributed by atoms with van der Waals surface area (Å²) < 4.78 is 2.16. The first-order valence-corrected chi connectivity index (χ1v) is 16.8. The van der Waals surface area contributed by atoms with Crippen molar-refractivity contribution in [3.05, 3.63) is 194 Å². The molecule has 4 nitrogen and oxygen atoms in total. The van der Waals surface area contributed by atoms with E-state index in [9.17, 15) is 0 Å². The molecule has 4 heteroatoms. The maximum absolute atomic E-state index is 4.60. The summed E-state index contributed by atoms with van der Waals surface area (Å²) in [6.07, 6.45) is 3.59. The molecule has 0 fully saturated rings. The number of fused-ring (bicyclic) bond motifs is 3. The third-order valence-corrected chi connectivity index (χ3v) is 9.35. The Kier molecular flexibility index (Phi) is 7.45. The lowest BCUT2D eigenvalue weighted by molar-refractivity contribution is 0.988. The zero-order chi connectivity index (χ0) is 33.3. The van der Waals surface area contributed by atoms with Gasteiger partial charge in [0.2, 0.25) is 5.95 Å². The van der Waals surface area contributed by atoms with E-state index in [0.29, 0.717) is 5.95 Å². The van der Waals surface area contributed by atoms with Crippen molar-refractivity contribution in [2.75, 3.05) is 4.90 Å². The van der Waals surface area contributed by atoms with Crippen LogP contribution in [0.2, 0.25) is 0 Å². The first kappa shape index (κ1) is 29.4. The molecule has 0 N–H and O–H groups in total. The molecule has 2 heterocycles. The van der Waals surface area contributed by atoms with Gasteiger partial charge in [-0.05, 0) is 88.0 Å². The summed E-state index contributed by atoms with van der Waals surface area (Å²) in [7, 11) is 0. The first-order chi connectivity index (χ1) is 24.8. The number of benzene rings is 7. The van der Waals surface area contributed by atoms with Gasteiger partial charge in [0.15, 0.2) is 0 Å². The minimum atomic E-state index is 0.665. The van der Waals surface area contributed by atoms with Crippen molar-refractivity contribution in [2.45, 2.75) is 0 Å². The summed E-state index contributed by atoms with van der Waals surface area (Å²) in [5, 5.41) is 2.36. The zero-order valence-corrected chi connectivity index (χ0v) is 27.3. The molecular weight excluding hydrogens is 609 g/mol. The van der Waals surface area contributed by atoms with Crippen molar-refractivity contribution in [3.63, 3.8) is 0 Å². The van der Waals surface area contributed by atoms with Gasteiger partial charge in [0.1, 0.15) is 0 Å². The molecule has 0 atom stereocenters. The van der Waals surface area contributed by atoms with Crippen LogP contribution in [0.25, 0.3) is 61.1 Å². The number of hydrogen-bond donors (Lipinski definition) is 0. The topological polar surface area (TPSA) is 34.0 Å². The van der Waals surface area contributed by atoms with Gasteiger partial charge in [-0.15, -0.1) is 0 Å². The second-order valence-electron chi connectivity index (χ2n) is 12.3. The van der Waals surface area contributed by atoms with Crippen LogP contribution in [-0.4, -0.2) is 14.5 Å². The largest absolute Gasteiger partial charge is 0.311 e. The summed E-state index contributed by atoms with van der Waals surface area (Å²) in [5.41, 5.74) is 12.5. The summed E-state index contributed by atoms with van der Waals surface area (Å²) in [6.45, 7) is 0. The highest BCUT2D eigenvalue weighted by Gasteiger charge is 2.16. The third-order valence-electron chi connectivity index (χ3n) is 9.35. The molecule has 2 aromatic heterocycles. The van der Waals surface area contributed by atoms with Crippen molar-refractivity contribution >= 4 is 38.9 Å². The second kappa shape index (κ2) is 12.7. The number of aromatic nitrogens is 3. The molecular formula is C46H32N4. The van der Waals surface area contributed by atoms with Crippen LogP contribution in [0.15, 0.2) is 194 Å². The summed E-state index contributed by atoms with van der Waals surface area (Å²) in [5.74, 6) is 0.665. The standard InChI is InChI=1S/C46H32N4/c1-3-10-33(11-4-1)35-16-23-39(24-17-35)49(40-25-18-36(19-26-40)34-12-5-2-6-13-34)41-27-20-37(21-28-41)38-22-29-43-42-14-7-8-15-44(42)50(45(43)32-38)46-47-30-9-31-48-46/h1-32H. The highest BCUT2D eigenvalue weighted by atomic mass is 15.2. The van der Waals surface area contributed by atoms with Crippen LogP contribution in [0.1, 0.15) is 0 Å². The molecule has 236 valence electrons. The third kappa shape index (κ3) is 5.39. The molecule has 7 aromatic carbocycles. The minimum Gasteiger partial charge on any atom is -0.311 e. The van der Waals surface area contributed by atoms with Crippen molar-refractivity contribution < 1.29 is 0 Å². The normalized spacial score (nSPS) is 11.2. The fraction of sp³-hybridized carbons (Fsp3) is 0. The van der Waals surface area contributed by atoms with Crippen molar-refractivity contribution in [2.24, 2.45) is 0 Å². The van der Waals surface area contributed by atoms with Crippen LogP contribution in [0.4, 0.5) is 17.1 Å². The SMILES string of the molecule is c1ccc(-c2ccc(N(c3ccc(-c4ccccc4)cc3)c3ccc(-c4ccc5c6ccccc6n(-c6ncccn6)c5c4)cc3)cc2)cc1. The molecule has 0 saturated carbocycles. The fourth-order valence-electron chi connectivity index (χ4n) is 6.89. The average Bonchev–Trinajstić information content (AvgIpc) is 3.53. The predicted octanol–water partition coefficient (Wildman–Crippen LogP) is 12.0. The lowest BCUT2D eigenvalue weighted by Crippen LogP contribution is -2.09. The smallest absolute Gasteiger partial charge is 0.234 e. The number of nitrogens with zero attached hydrogens (tertiary/aromatic N) is 4. The van der Waals surface area contributed by atoms with Crippen LogP contribution in [-0.2, 0) is 0 Å². The Labute approximate surface area is 291 Å². The maximum atomic E-state index is 4.60. The second-order valence-corrected chi connectivity index (χ2v) is 12.3. The van der Waals surface area contributed by atoms with Crippen LogP contribution < -0.4 is 4.90 Å². The molecule has 0 saturated heterocycles. The first-order valence-electron chi connectivity index (χ1n) is 16.8. The molecule has 0 bridgehead atoms. The van der Waals surface area contributed by atoms with Crippen molar-refractivity contribution in [1.82, 2.24) is 14.5 Å². The summed E-state index contributed by atoms with van der Waals surface area (Å²) in [4.78, 5) is 11.5. The Morgan fingerprint density at radius 2 is 0.760 bits per heavy atom. The van der Waals surface area contributed by atoms with E-state index in [1.54, 1.807) is 12.4 Å². The van der Waals surface area contributed by atoms with Crippen LogP contribution in [0.3, 0.4) is 0 Å². The molecule has 50 heavy (non-hydrogen) atoms. The summed E-state index contributed by atoms with van der Waals surface area (Å²) >= 11 is 0. The van der Waals surface area contributed by atoms with Crippen LogP contribution in [0.5, 0.6) is 0 Å². The summed E-state index contributed by atoms with van der Waals surface area (Å²) in [6, 6.07) is 64.5. The number of rotatable bonds is 7. The van der Waals surface area contributed by atoms with Gasteiger partial charge in [0.05, 0.1) is 11.0 Å². The Bertz CT molecular complexity index is 2460. The van der Waals surface area contributed by atoms with Gasteiger partial charge in [0.25, 0.3) is 0 Å². The highest BCUT2D eigenvalue weighted by molar-refractivity contribution is 6.10. The van der Waals surface area contributed by atoms with E-state index < -0.39 is 0 Å². The molecule has 0 radical (unpaired) electrons. The van der Waals surface area contributed by atoms with Gasteiger partial charge < -0.3 is 4.90 Å². The Balaban J connectivity index is 1.11. The predicted molar refractivity (Wildman–Crippen MR) is 207 cm³/mol. The van der Waals surface area contributed by atoms with Gasteiger partial charge in [-0.2, -0.15) is 0 Å². The van der Waals surface area contributed by atoms with Gasteiger partial charge in [-0.25, -0.2) is 9.97 Å². The van der Waals surface area contributed by atoms with Gasteiger partial charge in [-0.3, -0.25) is 4.57 Å². The Morgan fingerprint density at radius 3 is 1.30 bits per heavy atom. The van der Waals surface area contributed by atoms with E-state index in [0.717, 1.165) is 39.2 Å². The minimum absolute atomic E-state index is 0.665. The Hall–Kier alpha value is -6.78. The van der Waals surface area contributed by atoms with E-state index in [-0.39, 0.29) is 0 Å². The molecule has 0 spiro atoms. The van der Waals surface area contributed by atoms with Gasteiger partial charge in [-0.1, -0.05) is 127 Å². The van der Waals surface area contributed by atoms with Crippen LogP contribution in [0, 0.1) is 0 Å². The highest BCUT2D eigenvalue weighted by Crippen LogP contribution is 2.39. The zero-order valence-electron chi connectivity index (χ0n) is 27.3. The quantitative estimate of drug-likeness (QED) is 0.174. The van der Waals surface area contributed by atoms with E-state index in [1.807, 2.05) is 6.07 Å². The fourth-order valence-corrected chi connectivity index (χ4v) is 6.89. The van der Waals surface area contributed by atoms with Crippen LogP contribution >= 0.6 is 0 Å². The van der Waals surface area contributed by atoms with Crippen molar-refractivity contribution in [3.8, 4) is 39.3 Å². The molecule has 0 aliphatic rings. The molecule has 0 aliphatic heterocycles. The van der Waals surface area contributed by atoms with Crippen molar-refractivity contribution in [1.29, 1.82) is 0 Å². The maximum Gasteiger partial charge on any atom is 0.234 e. The molecule has 0 aliphatic carbocycles. The molecule has 9 aromatic rings. The van der Waals surface area contributed by atoms with E-state index >= 15 is 0 Å².